The van der Waals surface area contributed by atoms with Gasteiger partial charge in [0.15, 0.2) is 0 Å². The van der Waals surface area contributed by atoms with E-state index in [1.54, 1.807) is 7.11 Å². The molecule has 2 N–H and O–H groups in total. The normalized spacial score (nSPS) is 23.9. The zero-order valence-electron chi connectivity index (χ0n) is 11.6. The third-order valence-electron chi connectivity index (χ3n) is 3.78. The van der Waals surface area contributed by atoms with E-state index >= 15 is 0 Å². The van der Waals surface area contributed by atoms with Gasteiger partial charge in [0, 0.05) is 25.2 Å². The van der Waals surface area contributed by atoms with Gasteiger partial charge in [0.25, 0.3) is 0 Å². The molecule has 2 atom stereocenters. The molecular formula is C15H24N2O. The Kier molecular flexibility index (Phi) is 4.61. The van der Waals surface area contributed by atoms with Gasteiger partial charge in [-0.1, -0.05) is 19.1 Å². The maximum Gasteiger partial charge on any atom is 0.122 e. The number of hydrogen-bond donors (Lipinski definition) is 2. The summed E-state index contributed by atoms with van der Waals surface area (Å²) in [5.41, 5.74) is 2.69. The summed E-state index contributed by atoms with van der Waals surface area (Å²) in [6.07, 6.45) is 2.09. The number of piperazine rings is 1. The van der Waals surface area contributed by atoms with Crippen LogP contribution in [0.2, 0.25) is 0 Å². The SMILES string of the molecule is CCc1cc(CC2NCCNC2C)ccc1OC. The summed E-state index contributed by atoms with van der Waals surface area (Å²) in [4.78, 5) is 0. The van der Waals surface area contributed by atoms with Crippen LogP contribution in [-0.2, 0) is 12.8 Å². The predicted molar refractivity (Wildman–Crippen MR) is 75.3 cm³/mol. The third-order valence-corrected chi connectivity index (χ3v) is 3.78. The monoisotopic (exact) mass is 248 g/mol. The van der Waals surface area contributed by atoms with E-state index in [0.29, 0.717) is 12.1 Å². The van der Waals surface area contributed by atoms with E-state index in [0.717, 1.165) is 31.7 Å². The van der Waals surface area contributed by atoms with Crippen molar-refractivity contribution in [3.05, 3.63) is 29.3 Å². The molecule has 2 rings (SSSR count). The summed E-state index contributed by atoms with van der Waals surface area (Å²) >= 11 is 0. The van der Waals surface area contributed by atoms with Gasteiger partial charge < -0.3 is 15.4 Å². The zero-order chi connectivity index (χ0) is 13.0. The molecule has 100 valence electrons. The van der Waals surface area contributed by atoms with Crippen molar-refractivity contribution >= 4 is 0 Å². The number of ether oxygens (including phenoxy) is 1. The quantitative estimate of drug-likeness (QED) is 0.851. The summed E-state index contributed by atoms with van der Waals surface area (Å²) in [5, 5.41) is 7.11. The van der Waals surface area contributed by atoms with Crippen LogP contribution in [0.15, 0.2) is 18.2 Å². The maximum absolute atomic E-state index is 5.37. The Morgan fingerprint density at radius 3 is 2.72 bits per heavy atom. The molecule has 1 aromatic rings. The Hall–Kier alpha value is -1.06. The molecule has 0 amide bonds. The third kappa shape index (κ3) is 3.03. The van der Waals surface area contributed by atoms with Crippen molar-refractivity contribution in [3.8, 4) is 5.75 Å². The Morgan fingerprint density at radius 2 is 2.06 bits per heavy atom. The first-order chi connectivity index (χ1) is 8.74. The summed E-state index contributed by atoms with van der Waals surface area (Å²) < 4.78 is 5.37. The van der Waals surface area contributed by atoms with Gasteiger partial charge in [-0.05, 0) is 37.0 Å². The van der Waals surface area contributed by atoms with Gasteiger partial charge in [0.1, 0.15) is 5.75 Å². The summed E-state index contributed by atoms with van der Waals surface area (Å²) in [6, 6.07) is 7.61. The second-order valence-electron chi connectivity index (χ2n) is 5.01. The topological polar surface area (TPSA) is 33.3 Å². The molecule has 0 aliphatic carbocycles. The number of nitrogens with one attached hydrogen (secondary N) is 2. The molecule has 1 saturated heterocycles. The molecule has 1 aromatic carbocycles. The van der Waals surface area contributed by atoms with Gasteiger partial charge in [-0.15, -0.1) is 0 Å². The lowest BCUT2D eigenvalue weighted by Crippen LogP contribution is -2.55. The Labute approximate surface area is 110 Å². The van der Waals surface area contributed by atoms with Crippen LogP contribution in [0, 0.1) is 0 Å². The first-order valence-corrected chi connectivity index (χ1v) is 6.87. The number of rotatable bonds is 4. The van der Waals surface area contributed by atoms with E-state index in [4.69, 9.17) is 4.74 Å². The van der Waals surface area contributed by atoms with Crippen LogP contribution in [0.3, 0.4) is 0 Å². The highest BCUT2D eigenvalue weighted by atomic mass is 16.5. The van der Waals surface area contributed by atoms with Crippen LogP contribution in [0.5, 0.6) is 5.75 Å². The fourth-order valence-corrected chi connectivity index (χ4v) is 2.61. The molecule has 0 bridgehead atoms. The first-order valence-electron chi connectivity index (χ1n) is 6.87. The first kappa shape index (κ1) is 13.4. The molecule has 1 aliphatic heterocycles. The van der Waals surface area contributed by atoms with E-state index in [2.05, 4.69) is 42.7 Å². The largest absolute Gasteiger partial charge is 0.496 e. The molecule has 2 unspecified atom stereocenters. The molecule has 18 heavy (non-hydrogen) atoms. The Morgan fingerprint density at radius 1 is 1.28 bits per heavy atom. The van der Waals surface area contributed by atoms with Gasteiger partial charge in [-0.3, -0.25) is 0 Å². The Balaban J connectivity index is 2.08. The van der Waals surface area contributed by atoms with E-state index in [1.165, 1.54) is 11.1 Å². The lowest BCUT2D eigenvalue weighted by Gasteiger charge is -2.31. The van der Waals surface area contributed by atoms with E-state index < -0.39 is 0 Å². The van der Waals surface area contributed by atoms with Crippen LogP contribution in [-0.4, -0.2) is 32.3 Å². The van der Waals surface area contributed by atoms with Crippen LogP contribution >= 0.6 is 0 Å². The second kappa shape index (κ2) is 6.21. The van der Waals surface area contributed by atoms with Crippen molar-refractivity contribution < 1.29 is 4.74 Å². The van der Waals surface area contributed by atoms with Crippen LogP contribution in [0.4, 0.5) is 0 Å². The fraction of sp³-hybridized carbons (Fsp3) is 0.600. The number of methoxy groups -OCH3 is 1. The number of hydrogen-bond acceptors (Lipinski definition) is 3. The van der Waals surface area contributed by atoms with E-state index in [1.807, 2.05) is 0 Å². The second-order valence-corrected chi connectivity index (χ2v) is 5.01. The van der Waals surface area contributed by atoms with Crippen molar-refractivity contribution in [2.24, 2.45) is 0 Å². The van der Waals surface area contributed by atoms with Gasteiger partial charge >= 0.3 is 0 Å². The molecule has 1 aliphatic rings. The van der Waals surface area contributed by atoms with E-state index in [9.17, 15) is 0 Å². The van der Waals surface area contributed by atoms with Gasteiger partial charge in [0.2, 0.25) is 0 Å². The standard InChI is InChI=1S/C15H24N2O/c1-4-13-9-12(5-6-15(13)18-3)10-14-11(2)16-7-8-17-14/h5-6,9,11,14,16-17H,4,7-8,10H2,1-3H3. The molecule has 1 fully saturated rings. The minimum atomic E-state index is 0.525. The highest BCUT2D eigenvalue weighted by Crippen LogP contribution is 2.21. The molecule has 0 spiro atoms. The number of benzene rings is 1. The summed E-state index contributed by atoms with van der Waals surface area (Å²) in [6.45, 7) is 6.55. The van der Waals surface area contributed by atoms with Gasteiger partial charge in [0.05, 0.1) is 7.11 Å². The van der Waals surface area contributed by atoms with Crippen molar-refractivity contribution in [1.82, 2.24) is 10.6 Å². The minimum absolute atomic E-state index is 0.525. The van der Waals surface area contributed by atoms with Crippen molar-refractivity contribution in [2.75, 3.05) is 20.2 Å². The smallest absolute Gasteiger partial charge is 0.122 e. The van der Waals surface area contributed by atoms with Crippen LogP contribution in [0.25, 0.3) is 0 Å². The minimum Gasteiger partial charge on any atom is -0.496 e. The Bertz CT molecular complexity index is 392. The van der Waals surface area contributed by atoms with Crippen LogP contribution < -0.4 is 15.4 Å². The van der Waals surface area contributed by atoms with Gasteiger partial charge in [-0.2, -0.15) is 0 Å². The van der Waals surface area contributed by atoms with Crippen molar-refractivity contribution in [3.63, 3.8) is 0 Å². The predicted octanol–water partition coefficient (Wildman–Crippen LogP) is 1.75. The molecule has 1 heterocycles. The molecule has 0 aromatic heterocycles. The summed E-state index contributed by atoms with van der Waals surface area (Å²) in [5.74, 6) is 1.00. The molecular weight excluding hydrogens is 224 g/mol. The molecule has 0 saturated carbocycles. The highest BCUT2D eigenvalue weighted by molar-refractivity contribution is 5.37. The van der Waals surface area contributed by atoms with Crippen molar-refractivity contribution in [2.45, 2.75) is 38.8 Å². The van der Waals surface area contributed by atoms with Crippen LogP contribution in [0.1, 0.15) is 25.0 Å². The average Bonchev–Trinajstić information content (AvgIpc) is 2.41. The fourth-order valence-electron chi connectivity index (χ4n) is 2.61. The van der Waals surface area contributed by atoms with E-state index in [-0.39, 0.29) is 0 Å². The lowest BCUT2D eigenvalue weighted by molar-refractivity contribution is 0.336. The molecule has 3 heteroatoms. The molecule has 0 radical (unpaired) electrons. The zero-order valence-corrected chi connectivity index (χ0v) is 11.6. The average molecular weight is 248 g/mol. The maximum atomic E-state index is 5.37. The van der Waals surface area contributed by atoms with Crippen molar-refractivity contribution in [1.29, 1.82) is 0 Å². The van der Waals surface area contributed by atoms with Gasteiger partial charge in [-0.25, -0.2) is 0 Å². The number of aryl methyl sites for hydroxylation is 1. The summed E-state index contributed by atoms with van der Waals surface area (Å²) in [7, 11) is 1.74. The lowest BCUT2D eigenvalue weighted by atomic mass is 9.97. The molecule has 3 nitrogen and oxygen atoms in total. The highest BCUT2D eigenvalue weighted by Gasteiger charge is 2.20.